The third-order valence-corrected chi connectivity index (χ3v) is 5.09. The van der Waals surface area contributed by atoms with Crippen molar-refractivity contribution in [1.82, 2.24) is 14.5 Å². The second-order valence-corrected chi connectivity index (χ2v) is 6.60. The fourth-order valence-electron chi connectivity index (χ4n) is 3.86. The molecule has 5 heteroatoms. The van der Waals surface area contributed by atoms with E-state index in [0.29, 0.717) is 12.5 Å². The van der Waals surface area contributed by atoms with Gasteiger partial charge in [0.05, 0.1) is 6.04 Å². The zero-order valence-electron chi connectivity index (χ0n) is 14.0. The van der Waals surface area contributed by atoms with E-state index < -0.39 is 0 Å². The molecule has 0 saturated carbocycles. The Morgan fingerprint density at radius 1 is 1.38 bits per heavy atom. The molecule has 0 bridgehead atoms. The van der Waals surface area contributed by atoms with Crippen LogP contribution in [0.1, 0.15) is 37.2 Å². The summed E-state index contributed by atoms with van der Waals surface area (Å²) >= 11 is 0. The minimum Gasteiger partial charge on any atom is -0.480 e. The van der Waals surface area contributed by atoms with Crippen molar-refractivity contribution in [3.63, 3.8) is 0 Å². The lowest BCUT2D eigenvalue weighted by Gasteiger charge is -2.35. The molecule has 2 aliphatic heterocycles. The zero-order chi connectivity index (χ0) is 16.5. The van der Waals surface area contributed by atoms with Gasteiger partial charge in [-0.25, -0.2) is 4.98 Å². The molecule has 1 amide bonds. The van der Waals surface area contributed by atoms with E-state index in [1.165, 1.54) is 0 Å². The van der Waals surface area contributed by atoms with Crippen molar-refractivity contribution in [1.29, 1.82) is 0 Å². The highest BCUT2D eigenvalue weighted by molar-refractivity contribution is 5.82. The molecule has 3 heterocycles. The van der Waals surface area contributed by atoms with E-state index in [9.17, 15) is 4.79 Å². The number of aryl methyl sites for hydroxylation is 1. The standard InChI is InChI=1S/C19H23N3O2/c1-2-18-20-9-11-22(18)15-7-5-10-21(13-15)19(23)17-12-14-6-3-4-8-16(14)24-17/h3-4,6,8-9,11,15,17H,2,5,7,10,12-13H2,1H3. The molecule has 1 aromatic heterocycles. The van der Waals surface area contributed by atoms with Gasteiger partial charge in [0.15, 0.2) is 6.10 Å². The van der Waals surface area contributed by atoms with Gasteiger partial charge in [-0.05, 0) is 24.5 Å². The quantitative estimate of drug-likeness (QED) is 0.871. The lowest BCUT2D eigenvalue weighted by molar-refractivity contribution is -0.139. The number of likely N-dealkylation sites (tertiary alicyclic amines) is 1. The summed E-state index contributed by atoms with van der Waals surface area (Å²) in [6.07, 6.45) is 7.25. The molecule has 0 spiro atoms. The van der Waals surface area contributed by atoms with Crippen molar-refractivity contribution in [2.45, 2.75) is 44.8 Å². The number of carbonyl (C=O) groups excluding carboxylic acids is 1. The topological polar surface area (TPSA) is 47.4 Å². The number of amides is 1. The van der Waals surface area contributed by atoms with E-state index in [-0.39, 0.29) is 12.0 Å². The fourth-order valence-corrected chi connectivity index (χ4v) is 3.86. The Kier molecular flexibility index (Phi) is 4.00. The van der Waals surface area contributed by atoms with Crippen molar-refractivity contribution in [3.05, 3.63) is 48.0 Å². The van der Waals surface area contributed by atoms with Crippen LogP contribution in [0.4, 0.5) is 0 Å². The predicted molar refractivity (Wildman–Crippen MR) is 91.0 cm³/mol. The van der Waals surface area contributed by atoms with E-state index in [2.05, 4.69) is 16.5 Å². The van der Waals surface area contributed by atoms with Crippen molar-refractivity contribution in [3.8, 4) is 5.75 Å². The lowest BCUT2D eigenvalue weighted by Crippen LogP contribution is -2.46. The van der Waals surface area contributed by atoms with Crippen LogP contribution in [0.25, 0.3) is 0 Å². The Balaban J connectivity index is 1.46. The molecule has 1 saturated heterocycles. The van der Waals surface area contributed by atoms with Gasteiger partial charge in [0.1, 0.15) is 11.6 Å². The van der Waals surface area contributed by atoms with Gasteiger partial charge >= 0.3 is 0 Å². The SMILES string of the molecule is CCc1nccn1C1CCCN(C(=O)C2Cc3ccccc3O2)C1. The Morgan fingerprint density at radius 3 is 3.08 bits per heavy atom. The predicted octanol–water partition coefficient (Wildman–Crippen LogP) is 2.61. The molecular formula is C19H23N3O2. The molecular weight excluding hydrogens is 302 g/mol. The van der Waals surface area contributed by atoms with Gasteiger partial charge in [-0.15, -0.1) is 0 Å². The Morgan fingerprint density at radius 2 is 2.25 bits per heavy atom. The van der Waals surface area contributed by atoms with Gasteiger partial charge in [-0.2, -0.15) is 0 Å². The van der Waals surface area contributed by atoms with E-state index in [1.54, 1.807) is 0 Å². The van der Waals surface area contributed by atoms with Crippen LogP contribution in [0.3, 0.4) is 0 Å². The largest absolute Gasteiger partial charge is 0.480 e. The maximum absolute atomic E-state index is 12.9. The highest BCUT2D eigenvalue weighted by Crippen LogP contribution is 2.30. The van der Waals surface area contributed by atoms with Crippen molar-refractivity contribution in [2.75, 3.05) is 13.1 Å². The summed E-state index contributed by atoms with van der Waals surface area (Å²) < 4.78 is 8.12. The maximum Gasteiger partial charge on any atom is 0.264 e. The fraction of sp³-hybridized carbons (Fsp3) is 0.474. The van der Waals surface area contributed by atoms with Crippen molar-refractivity contribution >= 4 is 5.91 Å². The smallest absolute Gasteiger partial charge is 0.264 e. The second-order valence-electron chi connectivity index (χ2n) is 6.60. The number of benzene rings is 1. The Labute approximate surface area is 142 Å². The summed E-state index contributed by atoms with van der Waals surface area (Å²) in [6, 6.07) is 8.26. The van der Waals surface area contributed by atoms with Crippen LogP contribution in [0.5, 0.6) is 5.75 Å². The minimum atomic E-state index is -0.366. The molecule has 4 rings (SSSR count). The van der Waals surface area contributed by atoms with Crippen LogP contribution in [0.15, 0.2) is 36.7 Å². The van der Waals surface area contributed by atoms with Gasteiger partial charge in [-0.3, -0.25) is 4.79 Å². The first-order chi connectivity index (χ1) is 11.8. The molecule has 0 aliphatic carbocycles. The van der Waals surface area contributed by atoms with Crippen LogP contribution >= 0.6 is 0 Å². The minimum absolute atomic E-state index is 0.120. The van der Waals surface area contributed by atoms with Gasteiger partial charge in [0, 0.05) is 38.3 Å². The highest BCUT2D eigenvalue weighted by Gasteiger charge is 2.34. The molecule has 2 aliphatic rings. The molecule has 2 aromatic rings. The average molecular weight is 325 g/mol. The second kappa shape index (κ2) is 6.30. The summed E-state index contributed by atoms with van der Waals surface area (Å²) in [5, 5.41) is 0. The molecule has 0 N–H and O–H groups in total. The highest BCUT2D eigenvalue weighted by atomic mass is 16.5. The van der Waals surface area contributed by atoms with Crippen LogP contribution in [-0.4, -0.2) is 39.6 Å². The van der Waals surface area contributed by atoms with E-state index in [1.807, 2.05) is 41.6 Å². The van der Waals surface area contributed by atoms with Gasteiger partial charge in [0.25, 0.3) is 5.91 Å². The van der Waals surface area contributed by atoms with Crippen molar-refractivity contribution in [2.24, 2.45) is 0 Å². The third kappa shape index (κ3) is 2.68. The van der Waals surface area contributed by atoms with E-state index in [4.69, 9.17) is 4.74 Å². The lowest BCUT2D eigenvalue weighted by atomic mass is 10.0. The zero-order valence-corrected chi connectivity index (χ0v) is 14.0. The number of aromatic nitrogens is 2. The van der Waals surface area contributed by atoms with Crippen LogP contribution < -0.4 is 4.74 Å². The third-order valence-electron chi connectivity index (χ3n) is 5.09. The van der Waals surface area contributed by atoms with Crippen LogP contribution in [0.2, 0.25) is 0 Å². The number of hydrogen-bond donors (Lipinski definition) is 0. The summed E-state index contributed by atoms with van der Waals surface area (Å²) in [5.74, 6) is 2.07. The average Bonchev–Trinajstić information content (AvgIpc) is 3.27. The molecule has 24 heavy (non-hydrogen) atoms. The van der Waals surface area contributed by atoms with Crippen LogP contribution in [0, 0.1) is 0 Å². The number of rotatable bonds is 3. The molecule has 5 nitrogen and oxygen atoms in total. The maximum atomic E-state index is 12.9. The van der Waals surface area contributed by atoms with Crippen LogP contribution in [-0.2, 0) is 17.6 Å². The summed E-state index contributed by atoms with van der Waals surface area (Å²) in [7, 11) is 0. The Bertz CT molecular complexity index is 715. The first-order valence-electron chi connectivity index (χ1n) is 8.81. The summed E-state index contributed by atoms with van der Waals surface area (Å²) in [4.78, 5) is 19.3. The molecule has 1 aromatic carbocycles. The first-order valence-corrected chi connectivity index (χ1v) is 8.81. The van der Waals surface area contributed by atoms with E-state index in [0.717, 1.165) is 49.5 Å². The number of carbonyl (C=O) groups is 1. The molecule has 2 unspecified atom stereocenters. The number of para-hydroxylation sites is 1. The number of piperidine rings is 1. The van der Waals surface area contributed by atoms with Crippen molar-refractivity contribution < 1.29 is 9.53 Å². The number of nitrogens with zero attached hydrogens (tertiary/aromatic N) is 3. The number of hydrogen-bond acceptors (Lipinski definition) is 3. The summed E-state index contributed by atoms with van der Waals surface area (Å²) in [6.45, 7) is 3.69. The number of imidazole rings is 1. The molecule has 0 radical (unpaired) electrons. The Hall–Kier alpha value is -2.30. The first kappa shape index (κ1) is 15.2. The summed E-state index contributed by atoms with van der Waals surface area (Å²) in [5.41, 5.74) is 1.13. The van der Waals surface area contributed by atoms with Gasteiger partial charge in [0.2, 0.25) is 0 Å². The number of fused-ring (bicyclic) bond motifs is 1. The molecule has 1 fully saturated rings. The monoisotopic (exact) mass is 325 g/mol. The van der Waals surface area contributed by atoms with Gasteiger partial charge < -0.3 is 14.2 Å². The molecule has 126 valence electrons. The molecule has 2 atom stereocenters. The number of ether oxygens (including phenoxy) is 1. The van der Waals surface area contributed by atoms with Gasteiger partial charge in [-0.1, -0.05) is 25.1 Å². The van der Waals surface area contributed by atoms with E-state index >= 15 is 0 Å². The normalized spacial score (nSPS) is 23.0.